The molecule has 2 N–H and O–H groups in total. The van der Waals surface area contributed by atoms with Crippen LogP contribution in [0.3, 0.4) is 0 Å². The maximum absolute atomic E-state index is 12.6. The summed E-state index contributed by atoms with van der Waals surface area (Å²) in [5.74, 6) is 0.852. The number of nitrogens with zero attached hydrogens (tertiary/aromatic N) is 1. The normalized spacial score (nSPS) is 11.8. The zero-order chi connectivity index (χ0) is 22.8. The van der Waals surface area contributed by atoms with Gasteiger partial charge in [0, 0.05) is 5.69 Å². The van der Waals surface area contributed by atoms with Gasteiger partial charge in [0.05, 0.1) is 11.1 Å². The summed E-state index contributed by atoms with van der Waals surface area (Å²) in [6, 6.07) is 12.4. The van der Waals surface area contributed by atoms with E-state index in [0.717, 1.165) is 11.1 Å². The first-order valence-electron chi connectivity index (χ1n) is 9.90. The second-order valence-corrected chi connectivity index (χ2v) is 8.73. The van der Waals surface area contributed by atoms with Gasteiger partial charge in [-0.15, -0.1) is 0 Å². The second-order valence-electron chi connectivity index (χ2n) is 8.73. The van der Waals surface area contributed by atoms with Gasteiger partial charge in [-0.25, -0.2) is 4.79 Å². The van der Waals surface area contributed by atoms with Crippen molar-refractivity contribution < 1.29 is 23.6 Å². The third-order valence-electron chi connectivity index (χ3n) is 4.35. The van der Waals surface area contributed by atoms with E-state index in [0.29, 0.717) is 22.8 Å². The molecule has 0 aliphatic heterocycles. The highest BCUT2D eigenvalue weighted by atomic mass is 16.6. The summed E-state index contributed by atoms with van der Waals surface area (Å²) in [5, 5.41) is 10.2. The molecule has 3 aromatic rings. The lowest BCUT2D eigenvalue weighted by Gasteiger charge is -2.27. The number of ether oxygens (including phenoxy) is 2. The minimum Gasteiger partial charge on any atom is -0.457 e. The summed E-state index contributed by atoms with van der Waals surface area (Å²) >= 11 is 0. The van der Waals surface area contributed by atoms with Crippen molar-refractivity contribution in [3.8, 4) is 11.5 Å². The number of hydrogen-bond donors (Lipinski definition) is 2. The highest BCUT2D eigenvalue weighted by Gasteiger charge is 2.31. The zero-order valence-corrected chi connectivity index (χ0v) is 18.5. The molecule has 0 saturated carbocycles. The molecule has 0 radical (unpaired) electrons. The fourth-order valence-corrected chi connectivity index (χ4v) is 2.83. The SMILES string of the molecule is Cc1noc2cccc(Oc3ccc(NC(=O)C(C)(C)NC(=O)OC(C)(C)C)cc3)c12. The van der Waals surface area contributed by atoms with E-state index >= 15 is 0 Å². The summed E-state index contributed by atoms with van der Waals surface area (Å²) in [6.45, 7) is 10.3. The number of aryl methyl sites for hydroxylation is 1. The predicted molar refractivity (Wildman–Crippen MR) is 117 cm³/mol. The van der Waals surface area contributed by atoms with Crippen molar-refractivity contribution in [3.05, 3.63) is 48.2 Å². The molecule has 0 aliphatic carbocycles. The van der Waals surface area contributed by atoms with Crippen molar-refractivity contribution in [1.82, 2.24) is 10.5 Å². The maximum Gasteiger partial charge on any atom is 0.408 e. The molecule has 0 bridgehead atoms. The van der Waals surface area contributed by atoms with Gasteiger partial charge in [-0.3, -0.25) is 4.79 Å². The number of nitrogens with one attached hydrogen (secondary N) is 2. The van der Waals surface area contributed by atoms with Gasteiger partial charge in [-0.2, -0.15) is 0 Å². The molecule has 31 heavy (non-hydrogen) atoms. The number of alkyl carbamates (subject to hydrolysis) is 1. The molecule has 0 unspecified atom stereocenters. The van der Waals surface area contributed by atoms with E-state index in [1.807, 2.05) is 25.1 Å². The van der Waals surface area contributed by atoms with Gasteiger partial charge in [0.25, 0.3) is 0 Å². The molecule has 1 aromatic heterocycles. The third kappa shape index (κ3) is 5.53. The molecular weight excluding hydrogens is 398 g/mol. The van der Waals surface area contributed by atoms with Crippen LogP contribution < -0.4 is 15.4 Å². The quantitative estimate of drug-likeness (QED) is 0.585. The van der Waals surface area contributed by atoms with E-state index in [2.05, 4.69) is 15.8 Å². The van der Waals surface area contributed by atoms with Crippen molar-refractivity contribution in [2.24, 2.45) is 0 Å². The van der Waals surface area contributed by atoms with E-state index in [1.165, 1.54) is 0 Å². The standard InChI is InChI=1S/C23H27N3O5/c1-14-19-17(8-7-9-18(19)31-26-14)29-16-12-10-15(11-13-16)24-20(27)23(5,6)25-21(28)30-22(2,3)4/h7-13H,1-6H3,(H,24,27)(H,25,28). The van der Waals surface area contributed by atoms with Crippen molar-refractivity contribution in [2.45, 2.75) is 52.7 Å². The van der Waals surface area contributed by atoms with Crippen LogP contribution in [-0.4, -0.2) is 28.3 Å². The van der Waals surface area contributed by atoms with Crippen LogP contribution in [-0.2, 0) is 9.53 Å². The third-order valence-corrected chi connectivity index (χ3v) is 4.35. The van der Waals surface area contributed by atoms with Crippen molar-refractivity contribution in [1.29, 1.82) is 0 Å². The van der Waals surface area contributed by atoms with Gasteiger partial charge in [0.1, 0.15) is 22.6 Å². The van der Waals surface area contributed by atoms with E-state index in [1.54, 1.807) is 58.9 Å². The number of carbonyl (C=O) groups is 2. The zero-order valence-electron chi connectivity index (χ0n) is 18.5. The largest absolute Gasteiger partial charge is 0.457 e. The molecule has 0 fully saturated rings. The minimum atomic E-state index is -1.17. The highest BCUT2D eigenvalue weighted by molar-refractivity contribution is 5.99. The number of rotatable bonds is 5. The molecule has 8 nitrogen and oxygen atoms in total. The Morgan fingerprint density at radius 3 is 2.32 bits per heavy atom. The van der Waals surface area contributed by atoms with Crippen LogP contribution in [0.1, 0.15) is 40.3 Å². The van der Waals surface area contributed by atoms with E-state index in [9.17, 15) is 9.59 Å². The smallest absolute Gasteiger partial charge is 0.408 e. The van der Waals surface area contributed by atoms with Gasteiger partial charge in [-0.1, -0.05) is 11.2 Å². The average molecular weight is 425 g/mol. The van der Waals surface area contributed by atoms with Gasteiger partial charge < -0.3 is 24.6 Å². The molecule has 0 saturated heterocycles. The predicted octanol–water partition coefficient (Wildman–Crippen LogP) is 5.17. The second kappa shape index (κ2) is 8.29. The Balaban J connectivity index is 1.65. The summed E-state index contributed by atoms with van der Waals surface area (Å²) in [5.41, 5.74) is 0.143. The lowest BCUT2D eigenvalue weighted by Crippen LogP contribution is -2.53. The van der Waals surface area contributed by atoms with Gasteiger partial charge >= 0.3 is 6.09 Å². The highest BCUT2D eigenvalue weighted by Crippen LogP contribution is 2.32. The molecule has 2 aromatic carbocycles. The number of carbonyl (C=O) groups excluding carboxylic acids is 2. The fraction of sp³-hybridized carbons (Fsp3) is 0.348. The Bertz CT molecular complexity index is 1090. The lowest BCUT2D eigenvalue weighted by atomic mass is 10.0. The Hall–Kier alpha value is -3.55. The van der Waals surface area contributed by atoms with Crippen LogP contribution in [0.4, 0.5) is 10.5 Å². The Morgan fingerprint density at radius 1 is 1.00 bits per heavy atom. The van der Waals surface area contributed by atoms with Gasteiger partial charge in [0.15, 0.2) is 5.58 Å². The maximum atomic E-state index is 12.6. The molecular formula is C23H27N3O5. The van der Waals surface area contributed by atoms with Crippen molar-refractivity contribution >= 4 is 28.7 Å². The van der Waals surface area contributed by atoms with Crippen molar-refractivity contribution in [3.63, 3.8) is 0 Å². The van der Waals surface area contributed by atoms with Crippen LogP contribution >= 0.6 is 0 Å². The number of hydrogen-bond acceptors (Lipinski definition) is 6. The first-order chi connectivity index (χ1) is 14.4. The van der Waals surface area contributed by atoms with Crippen molar-refractivity contribution in [2.75, 3.05) is 5.32 Å². The van der Waals surface area contributed by atoms with Gasteiger partial charge in [-0.05, 0) is 77.9 Å². The minimum absolute atomic E-state index is 0.378. The van der Waals surface area contributed by atoms with Crippen LogP contribution in [0.2, 0.25) is 0 Å². The lowest BCUT2D eigenvalue weighted by molar-refractivity contribution is -0.121. The molecule has 8 heteroatoms. The summed E-state index contributed by atoms with van der Waals surface area (Å²) in [4.78, 5) is 24.6. The molecule has 2 amide bonds. The average Bonchev–Trinajstić information content (AvgIpc) is 3.03. The Morgan fingerprint density at radius 2 is 1.68 bits per heavy atom. The first kappa shape index (κ1) is 22.1. The first-order valence-corrected chi connectivity index (χ1v) is 9.90. The van der Waals surface area contributed by atoms with Crippen LogP contribution in [0.15, 0.2) is 47.0 Å². The van der Waals surface area contributed by atoms with Gasteiger partial charge in [0.2, 0.25) is 5.91 Å². The van der Waals surface area contributed by atoms with Crippen LogP contribution in [0.25, 0.3) is 11.0 Å². The summed E-state index contributed by atoms with van der Waals surface area (Å²) in [6.07, 6.45) is -0.658. The topological polar surface area (TPSA) is 103 Å². The number of fused-ring (bicyclic) bond motifs is 1. The van der Waals surface area contributed by atoms with Crippen LogP contribution in [0, 0.1) is 6.92 Å². The fourth-order valence-electron chi connectivity index (χ4n) is 2.83. The molecule has 164 valence electrons. The summed E-state index contributed by atoms with van der Waals surface area (Å²) in [7, 11) is 0. The number of amides is 2. The number of aromatic nitrogens is 1. The monoisotopic (exact) mass is 425 g/mol. The van der Waals surface area contributed by atoms with E-state index in [-0.39, 0.29) is 5.91 Å². The van der Waals surface area contributed by atoms with E-state index < -0.39 is 17.2 Å². The molecule has 0 spiro atoms. The molecule has 0 atom stereocenters. The van der Waals surface area contributed by atoms with Crippen LogP contribution in [0.5, 0.6) is 11.5 Å². The molecule has 1 heterocycles. The Labute approximate surface area is 180 Å². The molecule has 3 rings (SSSR count). The number of benzene rings is 2. The van der Waals surface area contributed by atoms with E-state index in [4.69, 9.17) is 14.0 Å². The molecule has 0 aliphatic rings. The summed E-state index contributed by atoms with van der Waals surface area (Å²) < 4.78 is 16.5. The Kier molecular flexibility index (Phi) is 5.92. The number of anilines is 1.